The van der Waals surface area contributed by atoms with Crippen LogP contribution < -0.4 is 5.32 Å². The number of rotatable bonds is 1. The van der Waals surface area contributed by atoms with Crippen LogP contribution in [0, 0.1) is 0 Å². The zero-order valence-corrected chi connectivity index (χ0v) is 3.97. The number of hydrogen-bond acceptors (Lipinski definition) is 2. The van der Waals surface area contributed by atoms with Gasteiger partial charge >= 0.3 is 6.03 Å². The van der Waals surface area contributed by atoms with Gasteiger partial charge in [0.2, 0.25) is 0 Å². The first-order chi connectivity index (χ1) is 3.83. The summed E-state index contributed by atoms with van der Waals surface area (Å²) >= 11 is 0. The van der Waals surface area contributed by atoms with E-state index < -0.39 is 18.9 Å². The molecule has 44 valence electrons. The summed E-state index contributed by atoms with van der Waals surface area (Å²) in [6.45, 7) is -0.685. The summed E-state index contributed by atoms with van der Waals surface area (Å²) < 4.78 is 11.5. The highest BCUT2D eigenvalue weighted by atomic mass is 19.1. The number of nitrogens with zero attached hydrogens (tertiary/aromatic N) is 2. The number of halogens is 1. The molecule has 0 fully saturated rings. The second-order valence-electron chi connectivity index (χ2n) is 1.34. The van der Waals surface area contributed by atoms with Gasteiger partial charge in [-0.1, -0.05) is 5.11 Å². The van der Waals surface area contributed by atoms with Crippen LogP contribution >= 0.6 is 0 Å². The third-order valence-corrected chi connectivity index (χ3v) is 0.724. The molecule has 1 unspecified atom stereocenters. The molecule has 1 aliphatic heterocycles. The Bertz CT molecular complexity index is 134. The topological polar surface area (TPSA) is 53.8 Å². The van der Waals surface area contributed by atoms with Crippen molar-refractivity contribution in [3.63, 3.8) is 0 Å². The second-order valence-corrected chi connectivity index (χ2v) is 1.34. The van der Waals surface area contributed by atoms with E-state index in [1.54, 1.807) is 0 Å². The Morgan fingerprint density at radius 3 is 2.88 bits per heavy atom. The number of alkyl halides is 1. The molecule has 0 aromatic carbocycles. The lowest BCUT2D eigenvalue weighted by molar-refractivity contribution is 0.248. The van der Waals surface area contributed by atoms with Crippen LogP contribution in [-0.2, 0) is 0 Å². The predicted molar refractivity (Wildman–Crippen MR) is 23.2 cm³/mol. The van der Waals surface area contributed by atoms with Gasteiger partial charge in [-0.2, -0.15) is 5.11 Å². The molecule has 1 heterocycles. The first-order valence-corrected chi connectivity index (χ1v) is 2.10. The van der Waals surface area contributed by atoms with Crippen molar-refractivity contribution >= 4 is 6.03 Å². The highest BCUT2D eigenvalue weighted by Crippen LogP contribution is 1.97. The van der Waals surface area contributed by atoms with E-state index in [0.29, 0.717) is 0 Å². The quantitative estimate of drug-likeness (QED) is 0.532. The molecule has 1 N–H and O–H groups in total. The summed E-state index contributed by atoms with van der Waals surface area (Å²) in [7, 11) is 0. The summed E-state index contributed by atoms with van der Waals surface area (Å²) in [6, 6.07) is -0.562. The zero-order valence-electron chi connectivity index (χ0n) is 3.97. The van der Waals surface area contributed by atoms with Crippen LogP contribution in [0.25, 0.3) is 0 Å². The zero-order chi connectivity index (χ0) is 5.98. The smallest absolute Gasteiger partial charge is 0.309 e. The molecule has 0 spiro atoms. The van der Waals surface area contributed by atoms with E-state index in [4.69, 9.17) is 0 Å². The summed E-state index contributed by atoms with van der Waals surface area (Å²) in [5.74, 6) is 0. The molecular weight excluding hydrogens is 113 g/mol. The summed E-state index contributed by atoms with van der Waals surface area (Å²) in [6.07, 6.45) is -0.734. The van der Waals surface area contributed by atoms with Gasteiger partial charge in [0.1, 0.15) is 6.67 Å². The minimum Gasteiger partial charge on any atom is -0.309 e. The normalized spacial score (nSPS) is 26.1. The largest absolute Gasteiger partial charge is 0.361 e. The van der Waals surface area contributed by atoms with E-state index in [2.05, 4.69) is 15.5 Å². The monoisotopic (exact) mass is 117 g/mol. The Hall–Kier alpha value is -1.00. The maximum absolute atomic E-state index is 11.5. The average Bonchev–Trinajstić information content (AvgIpc) is 2.14. The van der Waals surface area contributed by atoms with Gasteiger partial charge in [0, 0.05) is 0 Å². The maximum atomic E-state index is 11.5. The predicted octanol–water partition coefficient (Wildman–Crippen LogP) is 0.457. The standard InChI is InChI=1S/C3H4FN3O/c4-1-2-5-3(8)7-6-2/h2H,1H2,(H,5,8). The van der Waals surface area contributed by atoms with E-state index in [-0.39, 0.29) is 0 Å². The Kier molecular flexibility index (Phi) is 1.19. The molecule has 0 saturated heterocycles. The van der Waals surface area contributed by atoms with Gasteiger partial charge in [0.05, 0.1) is 0 Å². The van der Waals surface area contributed by atoms with Gasteiger partial charge < -0.3 is 5.32 Å². The molecule has 0 radical (unpaired) electrons. The average molecular weight is 117 g/mol. The highest BCUT2D eigenvalue weighted by molar-refractivity contribution is 5.75. The van der Waals surface area contributed by atoms with Crippen LogP contribution in [-0.4, -0.2) is 18.9 Å². The molecule has 0 bridgehead atoms. The molecule has 4 nitrogen and oxygen atoms in total. The molecule has 0 saturated carbocycles. The second kappa shape index (κ2) is 1.85. The van der Waals surface area contributed by atoms with Gasteiger partial charge in [0.25, 0.3) is 0 Å². The van der Waals surface area contributed by atoms with Gasteiger partial charge in [-0.3, -0.25) is 0 Å². The molecule has 8 heavy (non-hydrogen) atoms. The lowest BCUT2D eigenvalue weighted by Crippen LogP contribution is -2.26. The molecule has 2 amide bonds. The minimum atomic E-state index is -0.734. The van der Waals surface area contributed by atoms with Crippen LogP contribution in [0.5, 0.6) is 0 Å². The fraction of sp³-hybridized carbons (Fsp3) is 0.667. The molecule has 5 heteroatoms. The lowest BCUT2D eigenvalue weighted by Gasteiger charge is -1.94. The molecule has 1 rings (SSSR count). The molecule has 0 aromatic rings. The van der Waals surface area contributed by atoms with Crippen LogP contribution in [0.4, 0.5) is 9.18 Å². The third kappa shape index (κ3) is 0.800. The molecular formula is C3H4FN3O. The summed E-state index contributed by atoms with van der Waals surface area (Å²) in [4.78, 5) is 10.1. The Balaban J connectivity index is 2.46. The lowest BCUT2D eigenvalue weighted by atomic mass is 10.6. The van der Waals surface area contributed by atoms with Crippen molar-refractivity contribution < 1.29 is 9.18 Å². The Labute approximate surface area is 44.8 Å². The van der Waals surface area contributed by atoms with E-state index in [9.17, 15) is 9.18 Å². The van der Waals surface area contributed by atoms with E-state index >= 15 is 0 Å². The van der Waals surface area contributed by atoms with E-state index in [1.807, 2.05) is 0 Å². The highest BCUT2D eigenvalue weighted by Gasteiger charge is 2.15. The van der Waals surface area contributed by atoms with Crippen molar-refractivity contribution in [3.05, 3.63) is 0 Å². The van der Waals surface area contributed by atoms with Crippen LogP contribution in [0.1, 0.15) is 0 Å². The summed E-state index contributed by atoms with van der Waals surface area (Å²) in [5.41, 5.74) is 0. The third-order valence-electron chi connectivity index (χ3n) is 0.724. The van der Waals surface area contributed by atoms with Crippen molar-refractivity contribution in [2.24, 2.45) is 10.2 Å². The van der Waals surface area contributed by atoms with Gasteiger partial charge in [0.15, 0.2) is 6.17 Å². The first kappa shape index (κ1) is 5.14. The Morgan fingerprint density at radius 2 is 2.62 bits per heavy atom. The Morgan fingerprint density at radius 1 is 1.88 bits per heavy atom. The minimum absolute atomic E-state index is 0.562. The molecule has 0 aliphatic carbocycles. The van der Waals surface area contributed by atoms with Gasteiger partial charge in [-0.25, -0.2) is 9.18 Å². The van der Waals surface area contributed by atoms with Crippen molar-refractivity contribution in [2.45, 2.75) is 6.17 Å². The number of amides is 2. The van der Waals surface area contributed by atoms with Gasteiger partial charge in [-0.05, 0) is 0 Å². The molecule has 1 aliphatic rings. The number of carbonyl (C=O) groups is 1. The van der Waals surface area contributed by atoms with Crippen LogP contribution in [0.15, 0.2) is 10.2 Å². The number of hydrogen-bond donors (Lipinski definition) is 1. The molecule has 1 atom stereocenters. The van der Waals surface area contributed by atoms with Crippen molar-refractivity contribution in [1.29, 1.82) is 0 Å². The summed E-state index contributed by atoms with van der Waals surface area (Å²) in [5, 5.41) is 8.40. The van der Waals surface area contributed by atoms with Crippen LogP contribution in [0.2, 0.25) is 0 Å². The number of carbonyl (C=O) groups excluding carboxylic acids is 1. The fourth-order valence-electron chi connectivity index (χ4n) is 0.392. The van der Waals surface area contributed by atoms with Crippen LogP contribution in [0.3, 0.4) is 0 Å². The maximum Gasteiger partial charge on any atom is 0.361 e. The molecule has 0 aromatic heterocycles. The number of nitrogens with one attached hydrogen (secondary N) is 1. The van der Waals surface area contributed by atoms with E-state index in [0.717, 1.165) is 0 Å². The van der Waals surface area contributed by atoms with Gasteiger partial charge in [-0.15, -0.1) is 0 Å². The van der Waals surface area contributed by atoms with Crippen molar-refractivity contribution in [2.75, 3.05) is 6.67 Å². The van der Waals surface area contributed by atoms with Crippen molar-refractivity contribution in [1.82, 2.24) is 5.32 Å². The first-order valence-electron chi connectivity index (χ1n) is 2.10. The van der Waals surface area contributed by atoms with E-state index in [1.165, 1.54) is 0 Å². The van der Waals surface area contributed by atoms with Crippen molar-refractivity contribution in [3.8, 4) is 0 Å². The SMILES string of the molecule is O=C1N=NC(CF)N1. The number of azo groups is 1. The number of urea groups is 1. The fourth-order valence-corrected chi connectivity index (χ4v) is 0.392.